The number of hydrazine groups is 1. The third-order valence-corrected chi connectivity index (χ3v) is 4.89. The number of thioether (sulfide) groups is 1. The predicted molar refractivity (Wildman–Crippen MR) is 102 cm³/mol. The molecule has 0 aliphatic heterocycles. The number of benzene rings is 1. The van der Waals surface area contributed by atoms with E-state index in [9.17, 15) is 9.59 Å². The van der Waals surface area contributed by atoms with Crippen LogP contribution >= 0.6 is 11.8 Å². The van der Waals surface area contributed by atoms with Gasteiger partial charge in [0.25, 0.3) is 11.8 Å². The second kappa shape index (κ2) is 8.45. The van der Waals surface area contributed by atoms with Crippen molar-refractivity contribution in [3.63, 3.8) is 0 Å². The molecule has 2 amide bonds. The number of nitrogens with one attached hydrogen (secondary N) is 2. The number of hydrogen-bond donors (Lipinski definition) is 2. The highest BCUT2D eigenvalue weighted by Crippen LogP contribution is 2.25. The van der Waals surface area contributed by atoms with Gasteiger partial charge in [-0.25, -0.2) is 0 Å². The maximum Gasteiger partial charge on any atom is 0.269 e. The molecule has 2 aromatic heterocycles. The van der Waals surface area contributed by atoms with Crippen LogP contribution in [-0.2, 0) is 11.8 Å². The number of carbonyl (C=O) groups excluding carboxylic acids is 2. The van der Waals surface area contributed by atoms with Crippen molar-refractivity contribution in [2.45, 2.75) is 17.3 Å². The lowest BCUT2D eigenvalue weighted by Crippen LogP contribution is -2.44. The molecule has 1 aromatic carbocycles. The van der Waals surface area contributed by atoms with Gasteiger partial charge in [-0.05, 0) is 31.2 Å². The first-order valence-electron chi connectivity index (χ1n) is 8.18. The van der Waals surface area contributed by atoms with Crippen molar-refractivity contribution in [3.05, 3.63) is 60.4 Å². The number of nitrogens with zero attached hydrogens (tertiary/aromatic N) is 4. The molecule has 0 bridgehead atoms. The summed E-state index contributed by atoms with van der Waals surface area (Å²) < 4.78 is 1.81. The average molecular weight is 382 g/mol. The fraction of sp³-hybridized carbons (Fsp3) is 0.167. The highest BCUT2D eigenvalue weighted by atomic mass is 32.2. The molecule has 2 heterocycles. The molecule has 138 valence electrons. The Morgan fingerprint density at radius 3 is 2.44 bits per heavy atom. The summed E-state index contributed by atoms with van der Waals surface area (Å²) in [6, 6.07) is 12.3. The van der Waals surface area contributed by atoms with Gasteiger partial charge in [0.1, 0.15) is 0 Å². The Morgan fingerprint density at radius 2 is 1.74 bits per heavy atom. The molecule has 0 aliphatic rings. The van der Waals surface area contributed by atoms with Gasteiger partial charge in [0, 0.05) is 30.6 Å². The van der Waals surface area contributed by atoms with E-state index in [2.05, 4.69) is 26.0 Å². The van der Waals surface area contributed by atoms with E-state index >= 15 is 0 Å². The average Bonchev–Trinajstić information content (AvgIpc) is 3.07. The topological polar surface area (TPSA) is 102 Å². The monoisotopic (exact) mass is 382 g/mol. The van der Waals surface area contributed by atoms with Crippen LogP contribution in [0.4, 0.5) is 0 Å². The van der Waals surface area contributed by atoms with Gasteiger partial charge in [-0.2, -0.15) is 0 Å². The minimum atomic E-state index is -0.478. The molecule has 0 saturated heterocycles. The minimum absolute atomic E-state index is 0.335. The third-order valence-electron chi connectivity index (χ3n) is 3.76. The minimum Gasteiger partial charge on any atom is -0.305 e. The van der Waals surface area contributed by atoms with Gasteiger partial charge < -0.3 is 4.57 Å². The number of rotatable bonds is 5. The number of aromatic nitrogens is 4. The van der Waals surface area contributed by atoms with E-state index in [1.807, 2.05) is 29.8 Å². The molecule has 8 nitrogen and oxygen atoms in total. The smallest absolute Gasteiger partial charge is 0.269 e. The Morgan fingerprint density at radius 1 is 1.04 bits per heavy atom. The van der Waals surface area contributed by atoms with E-state index in [-0.39, 0.29) is 11.8 Å². The Bertz CT molecular complexity index is 930. The molecule has 0 saturated carbocycles. The van der Waals surface area contributed by atoms with E-state index < -0.39 is 5.25 Å². The first-order chi connectivity index (χ1) is 13.1. The highest BCUT2D eigenvalue weighted by Gasteiger charge is 2.20. The molecule has 0 radical (unpaired) electrons. The molecule has 27 heavy (non-hydrogen) atoms. The lowest BCUT2D eigenvalue weighted by molar-refractivity contribution is -0.121. The summed E-state index contributed by atoms with van der Waals surface area (Å²) in [6.07, 6.45) is 3.37. The van der Waals surface area contributed by atoms with Crippen LogP contribution in [0.5, 0.6) is 0 Å². The van der Waals surface area contributed by atoms with Crippen LogP contribution < -0.4 is 10.9 Å². The molecule has 2 N–H and O–H groups in total. The predicted octanol–water partition coefficient (Wildman–Crippen LogP) is 1.82. The SMILES string of the molecule is C[C@@H](Sc1nnc(-c2ccncc2)n1C)C(=O)NNC(=O)c1ccccc1. The van der Waals surface area contributed by atoms with Crippen molar-refractivity contribution in [1.82, 2.24) is 30.6 Å². The molecule has 3 aromatic rings. The van der Waals surface area contributed by atoms with Crippen LogP contribution in [0.15, 0.2) is 60.0 Å². The summed E-state index contributed by atoms with van der Waals surface area (Å²) in [6.45, 7) is 1.73. The van der Waals surface area contributed by atoms with Gasteiger partial charge in [0.05, 0.1) is 5.25 Å². The zero-order valence-electron chi connectivity index (χ0n) is 14.8. The van der Waals surface area contributed by atoms with E-state index in [4.69, 9.17) is 0 Å². The van der Waals surface area contributed by atoms with E-state index in [0.29, 0.717) is 16.5 Å². The van der Waals surface area contributed by atoms with Crippen molar-refractivity contribution < 1.29 is 9.59 Å². The molecule has 1 atom stereocenters. The van der Waals surface area contributed by atoms with Gasteiger partial charge in [0.15, 0.2) is 11.0 Å². The number of pyridine rings is 1. The first kappa shape index (κ1) is 18.6. The second-order valence-corrected chi connectivity index (χ2v) is 6.98. The van der Waals surface area contributed by atoms with Gasteiger partial charge in [-0.3, -0.25) is 25.4 Å². The summed E-state index contributed by atoms with van der Waals surface area (Å²) in [5.41, 5.74) is 6.20. The van der Waals surface area contributed by atoms with E-state index in [1.54, 1.807) is 43.6 Å². The van der Waals surface area contributed by atoms with Crippen molar-refractivity contribution >= 4 is 23.6 Å². The molecule has 0 unspecified atom stereocenters. The maximum atomic E-state index is 12.3. The summed E-state index contributed by atoms with van der Waals surface area (Å²) in [4.78, 5) is 28.2. The van der Waals surface area contributed by atoms with Crippen LogP contribution in [-0.4, -0.2) is 36.8 Å². The maximum absolute atomic E-state index is 12.3. The Kier molecular flexibility index (Phi) is 5.82. The van der Waals surface area contributed by atoms with Crippen LogP contribution in [0.25, 0.3) is 11.4 Å². The summed E-state index contributed by atoms with van der Waals surface area (Å²) in [7, 11) is 1.83. The Balaban J connectivity index is 1.59. The van der Waals surface area contributed by atoms with Crippen molar-refractivity contribution in [1.29, 1.82) is 0 Å². The zero-order chi connectivity index (χ0) is 19.2. The van der Waals surface area contributed by atoms with Crippen molar-refractivity contribution in [3.8, 4) is 11.4 Å². The van der Waals surface area contributed by atoms with Gasteiger partial charge in [0.2, 0.25) is 0 Å². The quantitative estimate of drug-likeness (QED) is 0.516. The fourth-order valence-corrected chi connectivity index (χ4v) is 3.08. The van der Waals surface area contributed by atoms with Gasteiger partial charge in [-0.15, -0.1) is 10.2 Å². The Labute approximate surface area is 160 Å². The highest BCUT2D eigenvalue weighted by molar-refractivity contribution is 8.00. The summed E-state index contributed by atoms with van der Waals surface area (Å²) in [5, 5.41) is 8.44. The van der Waals surface area contributed by atoms with Crippen LogP contribution in [0, 0.1) is 0 Å². The summed E-state index contributed by atoms with van der Waals surface area (Å²) >= 11 is 1.25. The van der Waals surface area contributed by atoms with Crippen LogP contribution in [0.2, 0.25) is 0 Å². The van der Waals surface area contributed by atoms with Crippen molar-refractivity contribution in [2.24, 2.45) is 7.05 Å². The van der Waals surface area contributed by atoms with E-state index in [1.165, 1.54) is 11.8 Å². The molecular formula is C18H18N6O2S. The lowest BCUT2D eigenvalue weighted by atomic mass is 10.2. The second-order valence-electron chi connectivity index (χ2n) is 5.67. The van der Waals surface area contributed by atoms with Gasteiger partial charge >= 0.3 is 0 Å². The lowest BCUT2D eigenvalue weighted by Gasteiger charge is -2.12. The van der Waals surface area contributed by atoms with Crippen molar-refractivity contribution in [2.75, 3.05) is 0 Å². The van der Waals surface area contributed by atoms with Crippen LogP contribution in [0.3, 0.4) is 0 Å². The molecule has 0 spiro atoms. The molecule has 3 rings (SSSR count). The largest absolute Gasteiger partial charge is 0.305 e. The van der Waals surface area contributed by atoms with Gasteiger partial charge in [-0.1, -0.05) is 30.0 Å². The molecule has 0 fully saturated rings. The standard InChI is InChI=1S/C18H18N6O2S/c1-12(16(25)21-22-17(26)14-6-4-3-5-7-14)27-18-23-20-15(24(18)2)13-8-10-19-11-9-13/h3-12H,1-2H3,(H,21,25)(H,22,26)/t12-/m1/s1. The van der Waals surface area contributed by atoms with Crippen LogP contribution in [0.1, 0.15) is 17.3 Å². The van der Waals surface area contributed by atoms with E-state index in [0.717, 1.165) is 5.56 Å². The number of hydrogen-bond acceptors (Lipinski definition) is 6. The third kappa shape index (κ3) is 4.50. The fourth-order valence-electron chi connectivity index (χ4n) is 2.26. The Hall–Kier alpha value is -3.20. The number of carbonyl (C=O) groups is 2. The zero-order valence-corrected chi connectivity index (χ0v) is 15.6. The molecule has 9 heteroatoms. The summed E-state index contributed by atoms with van der Waals surface area (Å²) in [5.74, 6) is -0.0255. The normalized spacial score (nSPS) is 11.6. The molecular weight excluding hydrogens is 364 g/mol. The first-order valence-corrected chi connectivity index (χ1v) is 9.06. The number of amides is 2. The molecule has 0 aliphatic carbocycles.